The molecule has 1 aromatic heterocycles. The zero-order valence-corrected chi connectivity index (χ0v) is 21.7. The van der Waals surface area contributed by atoms with Gasteiger partial charge in [0.25, 0.3) is 5.56 Å². The van der Waals surface area contributed by atoms with Crippen molar-refractivity contribution < 1.29 is 13.9 Å². The number of hydrogen-bond donors (Lipinski definition) is 1. The molecule has 3 aromatic carbocycles. The minimum Gasteiger partial charge on any atom is -0.496 e. The smallest absolute Gasteiger partial charge is 0.262 e. The van der Waals surface area contributed by atoms with E-state index in [0.717, 1.165) is 5.56 Å². The molecule has 0 saturated carbocycles. The molecule has 0 bridgehead atoms. The number of aromatic nitrogens is 2. The summed E-state index contributed by atoms with van der Waals surface area (Å²) in [5, 5.41) is 3.13. The van der Waals surface area contributed by atoms with E-state index in [-0.39, 0.29) is 24.3 Å². The third-order valence-electron chi connectivity index (χ3n) is 5.89. The summed E-state index contributed by atoms with van der Waals surface area (Å²) in [7, 11) is 5.43. The number of carbonyl (C=O) groups excluding carboxylic acids is 1. The van der Waals surface area contributed by atoms with E-state index in [0.29, 0.717) is 45.7 Å². The number of carbonyl (C=O) groups is 1. The van der Waals surface area contributed by atoms with Crippen LogP contribution in [-0.2, 0) is 17.9 Å². The van der Waals surface area contributed by atoms with Crippen LogP contribution in [0.15, 0.2) is 65.5 Å². The van der Waals surface area contributed by atoms with Crippen molar-refractivity contribution in [3.05, 3.63) is 82.4 Å². The minimum absolute atomic E-state index is 0.0876. The van der Waals surface area contributed by atoms with E-state index in [9.17, 15) is 14.0 Å². The Morgan fingerprint density at radius 1 is 1.08 bits per heavy atom. The summed E-state index contributed by atoms with van der Waals surface area (Å²) in [5.74, 6) is 0.161. The van der Waals surface area contributed by atoms with Gasteiger partial charge < -0.3 is 15.0 Å². The van der Waals surface area contributed by atoms with Gasteiger partial charge >= 0.3 is 0 Å². The summed E-state index contributed by atoms with van der Waals surface area (Å²) < 4.78 is 21.7. The monoisotopic (exact) mass is 502 g/mol. The van der Waals surface area contributed by atoms with Gasteiger partial charge in [-0.1, -0.05) is 24.3 Å². The maximum Gasteiger partial charge on any atom is 0.262 e. The van der Waals surface area contributed by atoms with E-state index in [4.69, 9.17) is 9.72 Å². The quantitative estimate of drug-likeness (QED) is 0.385. The van der Waals surface area contributed by atoms with Crippen LogP contribution in [0.3, 0.4) is 0 Å². The van der Waals surface area contributed by atoms with Crippen LogP contribution in [-0.4, -0.2) is 47.6 Å². The van der Waals surface area contributed by atoms with Crippen molar-refractivity contribution in [2.75, 3.05) is 21.2 Å². The lowest BCUT2D eigenvalue weighted by Crippen LogP contribution is -2.37. The first-order chi connectivity index (χ1) is 17.7. The number of ether oxygens (including phenoxy) is 1. The van der Waals surface area contributed by atoms with Crippen molar-refractivity contribution in [2.45, 2.75) is 33.0 Å². The Morgan fingerprint density at radius 2 is 1.84 bits per heavy atom. The first-order valence-corrected chi connectivity index (χ1v) is 12.1. The molecule has 4 aromatic rings. The van der Waals surface area contributed by atoms with E-state index in [1.807, 2.05) is 45.0 Å². The molecule has 0 aliphatic rings. The molecule has 7 nitrogen and oxygen atoms in total. The number of nitrogens with one attached hydrogen (secondary N) is 1. The van der Waals surface area contributed by atoms with Gasteiger partial charge in [-0.05, 0) is 75.5 Å². The highest BCUT2D eigenvalue weighted by Crippen LogP contribution is 2.30. The SMILES string of the molecule is COc1ccccc1-c1nc2ccc(-c3cc(CN(C)C)ccc3F)cc2c(=O)n1CC(=O)NC(C)C. The number of rotatable bonds is 8. The summed E-state index contributed by atoms with van der Waals surface area (Å²) in [5.41, 5.74) is 2.56. The van der Waals surface area contributed by atoms with Crippen LogP contribution in [0.1, 0.15) is 19.4 Å². The second-order valence-electron chi connectivity index (χ2n) is 9.53. The molecule has 0 atom stereocenters. The van der Waals surface area contributed by atoms with E-state index in [1.54, 1.807) is 49.6 Å². The highest BCUT2D eigenvalue weighted by atomic mass is 19.1. The highest BCUT2D eigenvalue weighted by Gasteiger charge is 2.19. The van der Waals surface area contributed by atoms with Gasteiger partial charge in [-0.3, -0.25) is 14.2 Å². The van der Waals surface area contributed by atoms with Crippen LogP contribution in [0, 0.1) is 5.82 Å². The van der Waals surface area contributed by atoms with Gasteiger partial charge in [0.15, 0.2) is 0 Å². The molecule has 1 N–H and O–H groups in total. The van der Waals surface area contributed by atoms with E-state index >= 15 is 0 Å². The largest absolute Gasteiger partial charge is 0.496 e. The molecule has 192 valence electrons. The van der Waals surface area contributed by atoms with Crippen molar-refractivity contribution in [3.8, 4) is 28.3 Å². The maximum absolute atomic E-state index is 14.9. The highest BCUT2D eigenvalue weighted by molar-refractivity contribution is 5.86. The molecule has 0 aliphatic carbocycles. The number of para-hydroxylation sites is 1. The summed E-state index contributed by atoms with van der Waals surface area (Å²) in [4.78, 5) is 33.3. The molecule has 1 amide bonds. The average Bonchev–Trinajstić information content (AvgIpc) is 2.86. The van der Waals surface area contributed by atoms with Gasteiger partial charge in [-0.2, -0.15) is 0 Å². The number of nitrogens with zero attached hydrogens (tertiary/aromatic N) is 3. The van der Waals surface area contributed by atoms with Crippen LogP contribution in [0.4, 0.5) is 4.39 Å². The van der Waals surface area contributed by atoms with E-state index in [2.05, 4.69) is 5.32 Å². The molecule has 0 radical (unpaired) electrons. The fourth-order valence-electron chi connectivity index (χ4n) is 4.34. The van der Waals surface area contributed by atoms with Crippen molar-refractivity contribution in [2.24, 2.45) is 0 Å². The zero-order chi connectivity index (χ0) is 26.7. The van der Waals surface area contributed by atoms with Gasteiger partial charge in [0.1, 0.15) is 23.9 Å². The van der Waals surface area contributed by atoms with Gasteiger partial charge in [-0.15, -0.1) is 0 Å². The van der Waals surface area contributed by atoms with Crippen molar-refractivity contribution >= 4 is 16.8 Å². The third kappa shape index (κ3) is 5.70. The van der Waals surface area contributed by atoms with Gasteiger partial charge in [0.05, 0.1) is 23.6 Å². The van der Waals surface area contributed by atoms with E-state index in [1.165, 1.54) is 10.6 Å². The lowest BCUT2D eigenvalue weighted by atomic mass is 10.0. The Bertz CT molecular complexity index is 1510. The molecular formula is C29H31FN4O3. The predicted octanol–water partition coefficient (Wildman–Crippen LogP) is 4.46. The lowest BCUT2D eigenvalue weighted by molar-refractivity contribution is -0.122. The number of benzene rings is 3. The third-order valence-corrected chi connectivity index (χ3v) is 5.89. The second-order valence-corrected chi connectivity index (χ2v) is 9.53. The molecule has 37 heavy (non-hydrogen) atoms. The van der Waals surface area contributed by atoms with E-state index < -0.39 is 5.56 Å². The fourth-order valence-corrected chi connectivity index (χ4v) is 4.34. The Balaban J connectivity index is 1.92. The van der Waals surface area contributed by atoms with Gasteiger partial charge in [0.2, 0.25) is 5.91 Å². The van der Waals surface area contributed by atoms with Crippen LogP contribution >= 0.6 is 0 Å². The normalized spacial score (nSPS) is 11.4. The molecule has 0 fully saturated rings. The van der Waals surface area contributed by atoms with Crippen LogP contribution < -0.4 is 15.6 Å². The van der Waals surface area contributed by atoms with Crippen LogP contribution in [0.5, 0.6) is 5.75 Å². The molecule has 0 saturated heterocycles. The lowest BCUT2D eigenvalue weighted by Gasteiger charge is -2.17. The summed E-state index contributed by atoms with van der Waals surface area (Å²) in [6.45, 7) is 4.14. The topological polar surface area (TPSA) is 76.5 Å². The Kier molecular flexibility index (Phi) is 7.69. The number of hydrogen-bond acceptors (Lipinski definition) is 5. The Labute approximate surface area is 215 Å². The summed E-state index contributed by atoms with van der Waals surface area (Å²) in [6.07, 6.45) is 0. The predicted molar refractivity (Wildman–Crippen MR) is 144 cm³/mol. The van der Waals surface area contributed by atoms with Crippen LogP contribution in [0.2, 0.25) is 0 Å². The first-order valence-electron chi connectivity index (χ1n) is 12.1. The van der Waals surface area contributed by atoms with Crippen molar-refractivity contribution in [1.29, 1.82) is 0 Å². The summed E-state index contributed by atoms with van der Waals surface area (Å²) >= 11 is 0. The maximum atomic E-state index is 14.9. The average molecular weight is 503 g/mol. The molecule has 4 rings (SSSR count). The standard InChI is InChI=1S/C29H31FN4O3/c1-18(2)31-27(35)17-34-28(21-8-6-7-9-26(21)37-5)32-25-13-11-20(15-23(25)29(34)36)22-14-19(16-33(3)4)10-12-24(22)30/h6-15,18H,16-17H2,1-5H3,(H,31,35). The van der Waals surface area contributed by atoms with Gasteiger partial charge in [0, 0.05) is 18.2 Å². The molecular weight excluding hydrogens is 471 g/mol. The molecule has 0 aliphatic heterocycles. The minimum atomic E-state index is -0.392. The van der Waals surface area contributed by atoms with Crippen LogP contribution in [0.25, 0.3) is 33.4 Å². The Hall–Kier alpha value is -4.04. The summed E-state index contributed by atoms with van der Waals surface area (Å²) in [6, 6.07) is 17.2. The number of fused-ring (bicyclic) bond motifs is 1. The molecule has 1 heterocycles. The van der Waals surface area contributed by atoms with Gasteiger partial charge in [-0.25, -0.2) is 9.37 Å². The number of amides is 1. The molecule has 8 heteroatoms. The second kappa shape index (κ2) is 10.9. The molecule has 0 spiro atoms. The van der Waals surface area contributed by atoms with Crippen molar-refractivity contribution in [1.82, 2.24) is 19.8 Å². The fraction of sp³-hybridized carbons (Fsp3) is 0.276. The zero-order valence-electron chi connectivity index (χ0n) is 21.7. The number of halogens is 1. The number of methoxy groups -OCH3 is 1. The Morgan fingerprint density at radius 3 is 2.54 bits per heavy atom. The molecule has 0 unspecified atom stereocenters. The first kappa shape index (κ1) is 26.0. The van der Waals surface area contributed by atoms with Crippen molar-refractivity contribution in [3.63, 3.8) is 0 Å².